The molecule has 1 aliphatic rings. The van der Waals surface area contributed by atoms with Crippen molar-refractivity contribution in [3.63, 3.8) is 0 Å². The van der Waals surface area contributed by atoms with Crippen molar-refractivity contribution in [2.75, 3.05) is 6.54 Å². The Hall–Kier alpha value is -1.86. The monoisotopic (exact) mass is 342 g/mol. The van der Waals surface area contributed by atoms with Crippen molar-refractivity contribution in [1.29, 1.82) is 5.26 Å². The fourth-order valence-corrected chi connectivity index (χ4v) is 3.44. The molecule has 1 amide bonds. The predicted octanol–water partition coefficient (Wildman–Crippen LogP) is 2.71. The summed E-state index contributed by atoms with van der Waals surface area (Å²) in [5.74, 6) is 0.688. The average Bonchev–Trinajstić information content (AvgIpc) is 3.42. The van der Waals surface area contributed by atoms with Crippen LogP contribution in [0.25, 0.3) is 0 Å². The summed E-state index contributed by atoms with van der Waals surface area (Å²) in [6.45, 7) is 8.75. The number of benzene rings is 1. The Morgan fingerprint density at radius 1 is 1.36 bits per heavy atom. The largest absolute Gasteiger partial charge is 0.333 e. The van der Waals surface area contributed by atoms with E-state index in [4.69, 9.17) is 0 Å². The maximum absolute atomic E-state index is 12.4. The lowest BCUT2D eigenvalue weighted by Gasteiger charge is -2.24. The van der Waals surface area contributed by atoms with E-state index in [0.717, 1.165) is 25.7 Å². The van der Waals surface area contributed by atoms with Crippen LogP contribution >= 0.6 is 0 Å². The number of quaternary nitrogens is 1. The van der Waals surface area contributed by atoms with Crippen molar-refractivity contribution in [2.45, 2.75) is 65.0 Å². The van der Waals surface area contributed by atoms with Gasteiger partial charge in [-0.3, -0.25) is 4.79 Å². The van der Waals surface area contributed by atoms with Crippen molar-refractivity contribution >= 4 is 5.91 Å². The molecule has 0 aliphatic heterocycles. The first-order chi connectivity index (χ1) is 11.9. The minimum atomic E-state index is -0.708. The lowest BCUT2D eigenvalue weighted by atomic mass is 9.94. The summed E-state index contributed by atoms with van der Waals surface area (Å²) in [4.78, 5) is 12.4. The Labute approximate surface area is 152 Å². The van der Waals surface area contributed by atoms with Gasteiger partial charge in [-0.1, -0.05) is 51.5 Å². The van der Waals surface area contributed by atoms with Gasteiger partial charge in [-0.2, -0.15) is 5.26 Å². The minimum Gasteiger partial charge on any atom is -0.333 e. The molecule has 1 aliphatic carbocycles. The normalized spacial score (nSPS) is 17.6. The first kappa shape index (κ1) is 19.5. The van der Waals surface area contributed by atoms with E-state index in [2.05, 4.69) is 61.7 Å². The predicted molar refractivity (Wildman–Crippen MR) is 99.7 cm³/mol. The Bertz CT molecular complexity index is 613. The zero-order valence-corrected chi connectivity index (χ0v) is 16.0. The molecule has 2 rings (SSSR count). The number of hydrogen-bond acceptors (Lipinski definition) is 2. The van der Waals surface area contributed by atoms with Crippen LogP contribution in [-0.2, 0) is 11.2 Å². The summed E-state index contributed by atoms with van der Waals surface area (Å²) in [6, 6.07) is 11.3. The maximum atomic E-state index is 12.4. The maximum Gasteiger partial charge on any atom is 0.276 e. The number of nitrogens with two attached hydrogens (primary N) is 1. The number of rotatable bonds is 9. The van der Waals surface area contributed by atoms with Gasteiger partial charge in [-0.05, 0) is 37.7 Å². The highest BCUT2D eigenvalue weighted by Crippen LogP contribution is 2.39. The molecule has 4 heteroatoms. The average molecular weight is 343 g/mol. The molecule has 0 saturated heterocycles. The van der Waals surface area contributed by atoms with Crippen LogP contribution in [0.3, 0.4) is 0 Å². The van der Waals surface area contributed by atoms with Gasteiger partial charge < -0.3 is 10.6 Å². The Morgan fingerprint density at radius 3 is 2.48 bits per heavy atom. The summed E-state index contributed by atoms with van der Waals surface area (Å²) in [6.07, 6.45) is 4.32. The van der Waals surface area contributed by atoms with E-state index < -0.39 is 5.54 Å². The topological polar surface area (TPSA) is 69.5 Å². The molecule has 1 saturated carbocycles. The van der Waals surface area contributed by atoms with Gasteiger partial charge in [0.1, 0.15) is 11.6 Å². The van der Waals surface area contributed by atoms with Gasteiger partial charge in [0.25, 0.3) is 5.91 Å². The molecule has 1 aromatic carbocycles. The molecule has 0 bridgehead atoms. The summed E-state index contributed by atoms with van der Waals surface area (Å²) in [5.41, 5.74) is 1.91. The summed E-state index contributed by atoms with van der Waals surface area (Å²) in [7, 11) is 0. The molecular formula is C21H32N3O+. The SMILES string of the molecule is CCCc1ccc([C@H]([NH2+]CC(=O)N[C@](C)(C#N)C2CC2)C(C)C)cc1. The lowest BCUT2D eigenvalue weighted by Crippen LogP contribution is -2.88. The van der Waals surface area contributed by atoms with Crippen molar-refractivity contribution in [1.82, 2.24) is 5.32 Å². The summed E-state index contributed by atoms with van der Waals surface area (Å²) >= 11 is 0. The Morgan fingerprint density at radius 2 is 2.00 bits per heavy atom. The summed E-state index contributed by atoms with van der Waals surface area (Å²) < 4.78 is 0. The molecule has 3 N–H and O–H groups in total. The molecule has 0 spiro atoms. The van der Waals surface area contributed by atoms with Gasteiger partial charge in [0.15, 0.2) is 6.54 Å². The molecule has 4 nitrogen and oxygen atoms in total. The van der Waals surface area contributed by atoms with Crippen molar-refractivity contribution in [3.8, 4) is 6.07 Å². The van der Waals surface area contributed by atoms with Gasteiger partial charge >= 0.3 is 0 Å². The molecule has 0 heterocycles. The van der Waals surface area contributed by atoms with E-state index in [-0.39, 0.29) is 11.9 Å². The number of amides is 1. The first-order valence-electron chi connectivity index (χ1n) is 9.54. The number of aryl methyl sites for hydroxylation is 1. The molecular weight excluding hydrogens is 310 g/mol. The van der Waals surface area contributed by atoms with Gasteiger partial charge in [0.2, 0.25) is 0 Å². The molecule has 25 heavy (non-hydrogen) atoms. The highest BCUT2D eigenvalue weighted by molar-refractivity contribution is 5.78. The van der Waals surface area contributed by atoms with E-state index in [1.807, 2.05) is 6.92 Å². The van der Waals surface area contributed by atoms with Gasteiger partial charge in [0, 0.05) is 11.5 Å². The Balaban J connectivity index is 1.95. The van der Waals surface area contributed by atoms with Crippen LogP contribution in [0.2, 0.25) is 0 Å². The molecule has 2 atom stereocenters. The van der Waals surface area contributed by atoms with Crippen LogP contribution in [0.1, 0.15) is 64.1 Å². The number of carbonyl (C=O) groups excluding carboxylic acids is 1. The van der Waals surface area contributed by atoms with Crippen LogP contribution in [0, 0.1) is 23.2 Å². The number of hydrogen-bond donors (Lipinski definition) is 2. The fraction of sp³-hybridized carbons (Fsp3) is 0.619. The molecule has 1 fully saturated rings. The van der Waals surface area contributed by atoms with Crippen molar-refractivity contribution in [3.05, 3.63) is 35.4 Å². The highest BCUT2D eigenvalue weighted by Gasteiger charge is 2.43. The summed E-state index contributed by atoms with van der Waals surface area (Å²) in [5, 5.41) is 14.4. The number of carbonyl (C=O) groups is 1. The zero-order valence-electron chi connectivity index (χ0n) is 16.0. The van der Waals surface area contributed by atoms with E-state index in [1.165, 1.54) is 11.1 Å². The molecule has 0 unspecified atom stereocenters. The highest BCUT2D eigenvalue weighted by atomic mass is 16.2. The number of nitrogens with one attached hydrogen (secondary N) is 1. The molecule has 0 radical (unpaired) electrons. The Kier molecular flexibility index (Phi) is 6.61. The van der Waals surface area contributed by atoms with E-state index in [1.54, 1.807) is 0 Å². The molecule has 136 valence electrons. The quantitative estimate of drug-likeness (QED) is 0.724. The van der Waals surface area contributed by atoms with E-state index in [9.17, 15) is 10.1 Å². The van der Waals surface area contributed by atoms with Crippen LogP contribution in [0.15, 0.2) is 24.3 Å². The second-order valence-corrected chi connectivity index (χ2v) is 7.84. The first-order valence-corrected chi connectivity index (χ1v) is 9.54. The second kappa shape index (κ2) is 8.49. The molecule has 1 aromatic rings. The third kappa shape index (κ3) is 5.31. The number of nitriles is 1. The van der Waals surface area contributed by atoms with E-state index in [0.29, 0.717) is 18.4 Å². The smallest absolute Gasteiger partial charge is 0.276 e. The van der Waals surface area contributed by atoms with Gasteiger partial charge in [-0.25, -0.2) is 0 Å². The van der Waals surface area contributed by atoms with Crippen molar-refractivity contribution < 1.29 is 10.1 Å². The van der Waals surface area contributed by atoms with Crippen LogP contribution in [-0.4, -0.2) is 18.0 Å². The van der Waals surface area contributed by atoms with Gasteiger partial charge in [-0.15, -0.1) is 0 Å². The van der Waals surface area contributed by atoms with Crippen molar-refractivity contribution in [2.24, 2.45) is 11.8 Å². The van der Waals surface area contributed by atoms with Crippen LogP contribution in [0.4, 0.5) is 0 Å². The van der Waals surface area contributed by atoms with Gasteiger partial charge in [0.05, 0.1) is 6.07 Å². The minimum absolute atomic E-state index is 0.0517. The van der Waals surface area contributed by atoms with Crippen LogP contribution < -0.4 is 10.6 Å². The standard InChI is InChI=1S/C21H31N3O/c1-5-6-16-7-9-17(10-8-16)20(15(2)3)23-13-19(25)24-21(4,14-22)18-11-12-18/h7-10,15,18,20,23H,5-6,11-13H2,1-4H3,(H,24,25)/p+1/t20-,21-/m1/s1. The second-order valence-electron chi connectivity index (χ2n) is 7.84. The fourth-order valence-electron chi connectivity index (χ4n) is 3.44. The third-order valence-corrected chi connectivity index (χ3v) is 5.20. The number of nitrogens with zero attached hydrogens (tertiary/aromatic N) is 1. The van der Waals surface area contributed by atoms with Crippen LogP contribution in [0.5, 0.6) is 0 Å². The lowest BCUT2D eigenvalue weighted by molar-refractivity contribution is -0.692. The molecule has 0 aromatic heterocycles. The van der Waals surface area contributed by atoms with E-state index >= 15 is 0 Å². The zero-order chi connectivity index (χ0) is 18.4. The third-order valence-electron chi connectivity index (χ3n) is 5.20.